The van der Waals surface area contributed by atoms with Crippen molar-refractivity contribution in [2.45, 2.75) is 6.54 Å². The first kappa shape index (κ1) is 29.2. The lowest BCUT2D eigenvalue weighted by Gasteiger charge is -2.24. The van der Waals surface area contributed by atoms with Gasteiger partial charge in [0.1, 0.15) is 23.1 Å². The molecule has 0 radical (unpaired) electrons. The molecule has 4 aromatic carbocycles. The van der Waals surface area contributed by atoms with Crippen molar-refractivity contribution in [1.29, 1.82) is 5.26 Å². The molecule has 0 aliphatic heterocycles. The third-order valence-corrected chi connectivity index (χ3v) is 6.88. The van der Waals surface area contributed by atoms with Crippen LogP contribution in [0.3, 0.4) is 0 Å². The number of aromatic nitrogens is 1. The second-order valence-corrected chi connectivity index (χ2v) is 9.50. The van der Waals surface area contributed by atoms with E-state index in [1.165, 1.54) is 56.7 Å². The smallest absolute Gasteiger partial charge is 0.270 e. The monoisotopic (exact) mass is 587 g/mol. The molecular formula is C33H25N5O6. The number of nitro groups is 1. The Bertz CT molecular complexity index is 1840. The maximum atomic E-state index is 14.1. The minimum absolute atomic E-state index is 0.140. The van der Waals surface area contributed by atoms with Crippen molar-refractivity contribution < 1.29 is 24.0 Å². The molecule has 0 fully saturated rings. The van der Waals surface area contributed by atoms with Crippen LogP contribution in [0.15, 0.2) is 97.1 Å². The number of hydrogen-bond donors (Lipinski definition) is 1. The Morgan fingerprint density at radius 1 is 0.886 bits per heavy atom. The van der Waals surface area contributed by atoms with Gasteiger partial charge in [-0.3, -0.25) is 19.7 Å². The number of anilines is 2. The SMILES string of the molecule is COc1ccc(C(=O)N(C(=O)c2ccc(OC)cc2)c2nc3ccc([N+](=O)[O-])cc3c(NCc3ccccc3)c2C#N)cc1. The summed E-state index contributed by atoms with van der Waals surface area (Å²) in [6.07, 6.45) is 0. The standard InChI is InChI=1S/C33H25N5O6/c1-43-25-13-8-22(9-14-25)32(39)37(33(40)23-10-15-26(44-2)16-11-23)31-28(19-34)30(35-20-21-6-4-3-5-7-21)27-18-24(38(41)42)12-17-29(27)36-31/h3-18H,20H2,1-2H3,(H,35,36). The summed E-state index contributed by atoms with van der Waals surface area (Å²) in [7, 11) is 2.98. The van der Waals surface area contributed by atoms with Crippen molar-refractivity contribution in [2.24, 2.45) is 0 Å². The van der Waals surface area contributed by atoms with E-state index in [0.717, 1.165) is 10.5 Å². The molecule has 5 rings (SSSR count). The van der Waals surface area contributed by atoms with Gasteiger partial charge in [-0.05, 0) is 60.2 Å². The quantitative estimate of drug-likeness (QED) is 0.122. The molecule has 0 aliphatic carbocycles. The molecule has 1 N–H and O–H groups in total. The van der Waals surface area contributed by atoms with E-state index in [0.29, 0.717) is 11.5 Å². The van der Waals surface area contributed by atoms with Crippen molar-refractivity contribution >= 4 is 39.9 Å². The molecule has 0 bridgehead atoms. The largest absolute Gasteiger partial charge is 0.497 e. The number of nitro benzene ring substituents is 1. The number of nitrogens with one attached hydrogen (secondary N) is 1. The molecule has 11 heteroatoms. The number of ether oxygens (including phenoxy) is 2. The number of amides is 2. The fourth-order valence-electron chi connectivity index (χ4n) is 4.60. The van der Waals surface area contributed by atoms with Gasteiger partial charge in [-0.1, -0.05) is 30.3 Å². The number of nitrogens with zero attached hydrogens (tertiary/aromatic N) is 4. The molecule has 44 heavy (non-hydrogen) atoms. The molecule has 5 aromatic rings. The highest BCUT2D eigenvalue weighted by atomic mass is 16.6. The minimum atomic E-state index is -0.743. The first-order valence-electron chi connectivity index (χ1n) is 13.3. The number of nitriles is 1. The van der Waals surface area contributed by atoms with Gasteiger partial charge in [-0.15, -0.1) is 0 Å². The van der Waals surface area contributed by atoms with Gasteiger partial charge in [0.25, 0.3) is 17.5 Å². The van der Waals surface area contributed by atoms with E-state index in [-0.39, 0.29) is 51.3 Å². The lowest BCUT2D eigenvalue weighted by atomic mass is 10.0. The Morgan fingerprint density at radius 3 is 1.95 bits per heavy atom. The Morgan fingerprint density at radius 2 is 1.45 bits per heavy atom. The van der Waals surface area contributed by atoms with Crippen LogP contribution >= 0.6 is 0 Å². The van der Waals surface area contributed by atoms with Crippen LogP contribution in [-0.2, 0) is 6.54 Å². The number of imide groups is 1. The van der Waals surface area contributed by atoms with Gasteiger partial charge in [0.05, 0.1) is 30.3 Å². The lowest BCUT2D eigenvalue weighted by Crippen LogP contribution is -2.38. The van der Waals surface area contributed by atoms with Crippen molar-refractivity contribution in [3.63, 3.8) is 0 Å². The number of pyridine rings is 1. The van der Waals surface area contributed by atoms with Gasteiger partial charge in [-0.2, -0.15) is 5.26 Å². The molecule has 2 amide bonds. The summed E-state index contributed by atoms with van der Waals surface area (Å²) >= 11 is 0. The summed E-state index contributed by atoms with van der Waals surface area (Å²) < 4.78 is 10.4. The summed E-state index contributed by atoms with van der Waals surface area (Å²) in [6, 6.07) is 27.7. The predicted molar refractivity (Wildman–Crippen MR) is 164 cm³/mol. The predicted octanol–water partition coefficient (Wildman–Crippen LogP) is 6.13. The van der Waals surface area contributed by atoms with E-state index < -0.39 is 16.7 Å². The topological polar surface area (TPSA) is 148 Å². The van der Waals surface area contributed by atoms with E-state index in [4.69, 9.17) is 9.47 Å². The zero-order valence-corrected chi connectivity index (χ0v) is 23.7. The number of hydrogen-bond acceptors (Lipinski definition) is 9. The molecule has 0 saturated heterocycles. The highest BCUT2D eigenvalue weighted by Gasteiger charge is 2.32. The number of benzene rings is 4. The van der Waals surface area contributed by atoms with E-state index in [1.54, 1.807) is 24.3 Å². The van der Waals surface area contributed by atoms with Crippen LogP contribution in [0.25, 0.3) is 10.9 Å². The van der Waals surface area contributed by atoms with Crippen molar-refractivity contribution in [2.75, 3.05) is 24.4 Å². The maximum Gasteiger partial charge on any atom is 0.270 e. The molecule has 0 saturated carbocycles. The summed E-state index contributed by atoms with van der Waals surface area (Å²) in [5.74, 6) is -0.707. The van der Waals surface area contributed by atoms with Crippen molar-refractivity contribution in [3.05, 3.63) is 129 Å². The Labute approximate surface area is 252 Å². The number of rotatable bonds is 9. The van der Waals surface area contributed by atoms with E-state index in [1.807, 2.05) is 30.3 Å². The second kappa shape index (κ2) is 12.7. The summed E-state index contributed by atoms with van der Waals surface area (Å²) in [4.78, 5) is 44.7. The molecule has 1 heterocycles. The lowest BCUT2D eigenvalue weighted by molar-refractivity contribution is -0.384. The number of fused-ring (bicyclic) bond motifs is 1. The molecule has 0 aliphatic rings. The number of carbonyl (C=O) groups excluding carboxylic acids is 2. The fraction of sp³-hybridized carbons (Fsp3) is 0.0909. The van der Waals surface area contributed by atoms with Gasteiger partial charge >= 0.3 is 0 Å². The third kappa shape index (κ3) is 5.86. The fourth-order valence-corrected chi connectivity index (χ4v) is 4.60. The molecule has 1 aromatic heterocycles. The Hall–Kier alpha value is -6.28. The molecule has 0 atom stereocenters. The van der Waals surface area contributed by atoms with Crippen LogP contribution in [0.2, 0.25) is 0 Å². The molecular weight excluding hydrogens is 562 g/mol. The summed E-state index contributed by atoms with van der Waals surface area (Å²) in [5.41, 5.74) is 1.22. The van der Waals surface area contributed by atoms with E-state index in [2.05, 4.69) is 16.4 Å². The van der Waals surface area contributed by atoms with Gasteiger partial charge in [-0.25, -0.2) is 9.88 Å². The van der Waals surface area contributed by atoms with Crippen LogP contribution in [0.4, 0.5) is 17.2 Å². The van der Waals surface area contributed by atoms with E-state index >= 15 is 0 Å². The van der Waals surface area contributed by atoms with Crippen LogP contribution in [0.1, 0.15) is 31.8 Å². The van der Waals surface area contributed by atoms with Gasteiger partial charge in [0, 0.05) is 35.2 Å². The average Bonchev–Trinajstić information content (AvgIpc) is 3.07. The van der Waals surface area contributed by atoms with Crippen LogP contribution in [0, 0.1) is 21.4 Å². The number of methoxy groups -OCH3 is 2. The molecule has 0 unspecified atom stereocenters. The Balaban J connectivity index is 1.74. The zero-order valence-electron chi connectivity index (χ0n) is 23.7. The number of carbonyl (C=O) groups is 2. The third-order valence-electron chi connectivity index (χ3n) is 6.88. The molecule has 0 spiro atoms. The second-order valence-electron chi connectivity index (χ2n) is 9.50. The normalized spacial score (nSPS) is 10.5. The first-order valence-corrected chi connectivity index (χ1v) is 13.3. The average molecular weight is 588 g/mol. The zero-order chi connectivity index (χ0) is 31.2. The summed E-state index contributed by atoms with van der Waals surface area (Å²) in [6.45, 7) is 0.246. The van der Waals surface area contributed by atoms with Gasteiger partial charge in [0.2, 0.25) is 0 Å². The van der Waals surface area contributed by atoms with Gasteiger partial charge in [0.15, 0.2) is 5.82 Å². The number of non-ortho nitro benzene ring substituents is 1. The van der Waals surface area contributed by atoms with E-state index in [9.17, 15) is 25.0 Å². The first-order chi connectivity index (χ1) is 21.3. The van der Waals surface area contributed by atoms with Crippen molar-refractivity contribution in [1.82, 2.24) is 4.98 Å². The van der Waals surface area contributed by atoms with Crippen LogP contribution < -0.4 is 19.7 Å². The highest BCUT2D eigenvalue weighted by molar-refractivity contribution is 6.26. The van der Waals surface area contributed by atoms with Crippen LogP contribution in [0.5, 0.6) is 11.5 Å². The minimum Gasteiger partial charge on any atom is -0.497 e. The van der Waals surface area contributed by atoms with Gasteiger partial charge < -0.3 is 14.8 Å². The molecule has 11 nitrogen and oxygen atoms in total. The Kier molecular flexibility index (Phi) is 8.44. The van der Waals surface area contributed by atoms with Crippen molar-refractivity contribution in [3.8, 4) is 17.6 Å². The summed E-state index contributed by atoms with van der Waals surface area (Å²) in [5, 5.41) is 25.6. The highest BCUT2D eigenvalue weighted by Crippen LogP contribution is 2.36. The molecule has 218 valence electrons. The maximum absolute atomic E-state index is 14.1. The van der Waals surface area contributed by atoms with Crippen LogP contribution in [-0.4, -0.2) is 35.9 Å².